The molecule has 0 aromatic carbocycles. The Morgan fingerprint density at radius 2 is 1.82 bits per heavy atom. The molecule has 9 heteroatoms. The van der Waals surface area contributed by atoms with Crippen LogP contribution < -0.4 is 0 Å². The number of rotatable bonds is 5. The summed E-state index contributed by atoms with van der Waals surface area (Å²) in [4.78, 5) is 32.8. The van der Waals surface area contributed by atoms with E-state index >= 15 is 0 Å². The van der Waals surface area contributed by atoms with Crippen LogP contribution in [0.5, 0.6) is 0 Å². The minimum Gasteiger partial charge on any atom is -0.300 e. The van der Waals surface area contributed by atoms with Crippen molar-refractivity contribution in [1.82, 2.24) is 19.7 Å². The molecule has 3 heterocycles. The Morgan fingerprint density at radius 1 is 1.09 bits per heavy atom. The summed E-state index contributed by atoms with van der Waals surface area (Å²) in [5.74, 6) is 0.605. The lowest BCUT2D eigenvalue weighted by molar-refractivity contribution is -0.137. The maximum atomic E-state index is 12.9. The van der Waals surface area contributed by atoms with Gasteiger partial charge in [0.25, 0.3) is 0 Å². The number of alkyl halides is 3. The summed E-state index contributed by atoms with van der Waals surface area (Å²) in [7, 11) is 0. The van der Waals surface area contributed by atoms with Crippen LogP contribution in [0.2, 0.25) is 0 Å². The van der Waals surface area contributed by atoms with E-state index in [1.54, 1.807) is 13.1 Å². The van der Waals surface area contributed by atoms with Gasteiger partial charge in [-0.15, -0.1) is 0 Å². The molecule has 1 saturated carbocycles. The summed E-state index contributed by atoms with van der Waals surface area (Å²) in [6, 6.07) is 4.11. The number of hydrogen-bond donors (Lipinski definition) is 0. The van der Waals surface area contributed by atoms with E-state index in [1.807, 2.05) is 13.0 Å². The van der Waals surface area contributed by atoms with Crippen LogP contribution in [0.1, 0.15) is 70.0 Å². The van der Waals surface area contributed by atoms with Crippen LogP contribution >= 0.6 is 0 Å². The van der Waals surface area contributed by atoms with Crippen molar-refractivity contribution in [3.8, 4) is 5.82 Å². The second kappa shape index (κ2) is 8.88. The smallest absolute Gasteiger partial charge is 0.300 e. The molecular formula is C24H23F3N4O2. The normalized spacial score (nSPS) is 15.1. The molecule has 0 radical (unpaired) electrons. The molecule has 0 atom stereocenters. The van der Waals surface area contributed by atoms with E-state index in [2.05, 4.69) is 15.1 Å². The monoisotopic (exact) mass is 456 g/mol. The largest absolute Gasteiger partial charge is 0.417 e. The Kier molecular flexibility index (Phi) is 6.14. The highest BCUT2D eigenvalue weighted by Crippen LogP contribution is 2.32. The third kappa shape index (κ3) is 4.86. The standard InChI is InChI=1S/C24H23F3N4O2/c1-14-9-16(11-29-23(14)17-3-6-19(32)7-4-17)10-21(33)20-13-30-31(15(20)2)22-8-5-18(12-28-22)24(25,26)27/h5,8-9,11-13,17H,3-4,6-7,10H2,1-2H3. The molecule has 33 heavy (non-hydrogen) atoms. The second-order valence-electron chi connectivity index (χ2n) is 8.42. The molecule has 0 N–H and O–H groups in total. The zero-order chi connectivity index (χ0) is 23.8. The number of pyridine rings is 2. The van der Waals surface area contributed by atoms with E-state index in [9.17, 15) is 22.8 Å². The quantitative estimate of drug-likeness (QED) is 0.508. The predicted molar refractivity (Wildman–Crippen MR) is 114 cm³/mol. The van der Waals surface area contributed by atoms with Crippen LogP contribution in [0.25, 0.3) is 5.82 Å². The SMILES string of the molecule is Cc1cc(CC(=O)c2cnn(-c3ccc(C(F)(F)F)cn3)c2C)cnc1C1CCC(=O)CC1. The molecule has 0 aliphatic heterocycles. The highest BCUT2D eigenvalue weighted by atomic mass is 19.4. The van der Waals surface area contributed by atoms with Crippen LogP contribution in [0.15, 0.2) is 36.8 Å². The van der Waals surface area contributed by atoms with Crippen molar-refractivity contribution < 1.29 is 22.8 Å². The molecule has 0 saturated heterocycles. The molecule has 0 amide bonds. The minimum absolute atomic E-state index is 0.129. The molecular weight excluding hydrogens is 433 g/mol. The Bertz CT molecular complexity index is 1190. The molecule has 3 aromatic rings. The van der Waals surface area contributed by atoms with Gasteiger partial charge in [-0.25, -0.2) is 9.67 Å². The van der Waals surface area contributed by atoms with Crippen molar-refractivity contribution in [1.29, 1.82) is 0 Å². The number of Topliss-reactive ketones (excluding diaryl/α,β-unsaturated/α-hetero) is 2. The van der Waals surface area contributed by atoms with Gasteiger partial charge >= 0.3 is 6.18 Å². The van der Waals surface area contributed by atoms with Crippen molar-refractivity contribution in [2.24, 2.45) is 0 Å². The lowest BCUT2D eigenvalue weighted by Gasteiger charge is -2.22. The first-order chi connectivity index (χ1) is 15.6. The lowest BCUT2D eigenvalue weighted by Crippen LogP contribution is -2.15. The van der Waals surface area contributed by atoms with Gasteiger partial charge in [0.15, 0.2) is 11.6 Å². The van der Waals surface area contributed by atoms with Crippen LogP contribution in [-0.4, -0.2) is 31.3 Å². The highest BCUT2D eigenvalue weighted by molar-refractivity contribution is 5.98. The van der Waals surface area contributed by atoms with E-state index in [4.69, 9.17) is 0 Å². The summed E-state index contributed by atoms with van der Waals surface area (Å²) < 4.78 is 39.7. The minimum atomic E-state index is -4.47. The number of carbonyl (C=O) groups is 2. The van der Waals surface area contributed by atoms with Gasteiger partial charge in [-0.1, -0.05) is 6.07 Å². The zero-order valence-electron chi connectivity index (χ0n) is 18.3. The number of hydrogen-bond acceptors (Lipinski definition) is 5. The van der Waals surface area contributed by atoms with Crippen LogP contribution in [-0.2, 0) is 17.4 Å². The molecule has 0 bridgehead atoms. The molecule has 1 fully saturated rings. The summed E-state index contributed by atoms with van der Waals surface area (Å²) in [5, 5.41) is 4.15. The van der Waals surface area contributed by atoms with Gasteiger partial charge in [0.2, 0.25) is 0 Å². The predicted octanol–water partition coefficient (Wildman–Crippen LogP) is 4.95. The number of aryl methyl sites for hydroxylation is 1. The molecule has 6 nitrogen and oxygen atoms in total. The van der Waals surface area contributed by atoms with Gasteiger partial charge in [0.05, 0.1) is 23.0 Å². The van der Waals surface area contributed by atoms with E-state index in [0.717, 1.165) is 41.9 Å². The van der Waals surface area contributed by atoms with E-state index in [-0.39, 0.29) is 23.9 Å². The topological polar surface area (TPSA) is 77.7 Å². The molecule has 4 rings (SSSR count). The fourth-order valence-electron chi connectivity index (χ4n) is 4.25. The van der Waals surface area contributed by atoms with E-state index in [0.29, 0.717) is 29.9 Å². The maximum absolute atomic E-state index is 12.9. The average molecular weight is 456 g/mol. The Labute approximate surface area is 188 Å². The summed E-state index contributed by atoms with van der Waals surface area (Å²) in [6.07, 6.45) is 2.30. The molecule has 1 aliphatic rings. The van der Waals surface area contributed by atoms with Crippen molar-refractivity contribution in [2.45, 2.75) is 58.0 Å². The van der Waals surface area contributed by atoms with Crippen molar-refractivity contribution in [3.05, 3.63) is 70.4 Å². The van der Waals surface area contributed by atoms with Crippen LogP contribution in [0, 0.1) is 13.8 Å². The summed E-state index contributed by atoms with van der Waals surface area (Å²) >= 11 is 0. The highest BCUT2D eigenvalue weighted by Gasteiger charge is 2.31. The first kappa shape index (κ1) is 22.8. The fraction of sp³-hybridized carbons (Fsp3) is 0.375. The van der Waals surface area contributed by atoms with Gasteiger partial charge in [-0.2, -0.15) is 18.3 Å². The van der Waals surface area contributed by atoms with Gasteiger partial charge < -0.3 is 0 Å². The van der Waals surface area contributed by atoms with E-state index < -0.39 is 11.7 Å². The number of nitrogens with zero attached hydrogens (tertiary/aromatic N) is 4. The molecule has 1 aliphatic carbocycles. The maximum Gasteiger partial charge on any atom is 0.417 e. The zero-order valence-corrected chi connectivity index (χ0v) is 18.3. The van der Waals surface area contributed by atoms with Crippen molar-refractivity contribution in [2.75, 3.05) is 0 Å². The second-order valence-corrected chi connectivity index (χ2v) is 8.42. The third-order valence-electron chi connectivity index (χ3n) is 6.07. The van der Waals surface area contributed by atoms with Crippen molar-refractivity contribution >= 4 is 11.6 Å². The van der Waals surface area contributed by atoms with Gasteiger partial charge in [0.1, 0.15) is 5.78 Å². The molecule has 3 aromatic heterocycles. The Hall–Kier alpha value is -3.36. The summed E-state index contributed by atoms with van der Waals surface area (Å²) in [6.45, 7) is 3.64. The number of halogens is 3. The number of ketones is 2. The Morgan fingerprint density at radius 3 is 2.42 bits per heavy atom. The van der Waals surface area contributed by atoms with E-state index in [1.165, 1.54) is 16.9 Å². The first-order valence-corrected chi connectivity index (χ1v) is 10.7. The third-order valence-corrected chi connectivity index (χ3v) is 6.07. The van der Waals surface area contributed by atoms with Gasteiger partial charge in [0, 0.05) is 43.3 Å². The fourth-order valence-corrected chi connectivity index (χ4v) is 4.25. The lowest BCUT2D eigenvalue weighted by atomic mass is 9.84. The van der Waals surface area contributed by atoms with Crippen LogP contribution in [0.4, 0.5) is 13.2 Å². The van der Waals surface area contributed by atoms with Gasteiger partial charge in [-0.05, 0) is 49.9 Å². The number of aromatic nitrogens is 4. The summed E-state index contributed by atoms with van der Waals surface area (Å²) in [5.41, 5.74) is 2.79. The van der Waals surface area contributed by atoms with Crippen LogP contribution in [0.3, 0.4) is 0 Å². The molecule has 0 spiro atoms. The molecule has 172 valence electrons. The average Bonchev–Trinajstić information content (AvgIpc) is 3.15. The first-order valence-electron chi connectivity index (χ1n) is 10.7. The van der Waals surface area contributed by atoms with Crippen molar-refractivity contribution in [3.63, 3.8) is 0 Å². The Balaban J connectivity index is 1.49. The van der Waals surface area contributed by atoms with Gasteiger partial charge in [-0.3, -0.25) is 14.6 Å². The molecule has 0 unspecified atom stereocenters. The number of carbonyl (C=O) groups excluding carboxylic acids is 2.